The summed E-state index contributed by atoms with van der Waals surface area (Å²) < 4.78 is 0. The van der Waals surface area contributed by atoms with Crippen molar-refractivity contribution in [1.29, 1.82) is 0 Å². The third-order valence-corrected chi connectivity index (χ3v) is 21.5. The van der Waals surface area contributed by atoms with Crippen molar-refractivity contribution in [1.82, 2.24) is 0 Å². The highest BCUT2D eigenvalue weighted by Crippen LogP contribution is 2.53. The van der Waals surface area contributed by atoms with Gasteiger partial charge in [0.15, 0.2) is 8.07 Å². The first-order chi connectivity index (χ1) is 31.9. The maximum absolute atomic E-state index is 2.86. The molecule has 0 amide bonds. The van der Waals surface area contributed by atoms with Gasteiger partial charge >= 0.3 is 0 Å². The molecule has 2 aliphatic carbocycles. The molecule has 4 unspecified atom stereocenters. The Morgan fingerprint density at radius 1 is 0.354 bits per heavy atom. The zero-order chi connectivity index (χ0) is 46.1. The van der Waals surface area contributed by atoms with Crippen molar-refractivity contribution in [3.05, 3.63) is 112 Å². The molecule has 0 aromatic heterocycles. The molecule has 0 aliphatic heterocycles. The Labute approximate surface area is 404 Å². The van der Waals surface area contributed by atoms with Crippen LogP contribution >= 0.6 is 0 Å². The van der Waals surface area contributed by atoms with Gasteiger partial charge in [0, 0.05) is 0 Å². The van der Waals surface area contributed by atoms with Crippen molar-refractivity contribution in [3.63, 3.8) is 0 Å². The van der Waals surface area contributed by atoms with Crippen LogP contribution in [0.4, 0.5) is 0 Å². The van der Waals surface area contributed by atoms with Crippen molar-refractivity contribution < 1.29 is 0 Å². The molecule has 4 atom stereocenters. The minimum Gasteiger partial charge on any atom is -0.0808 e. The number of aryl methyl sites for hydroxylation is 6. The van der Waals surface area contributed by atoms with Crippen molar-refractivity contribution in [2.24, 2.45) is 17.8 Å². The summed E-state index contributed by atoms with van der Waals surface area (Å²) in [7, 11) is -2.76. The van der Waals surface area contributed by atoms with Crippen LogP contribution in [0.1, 0.15) is 242 Å². The molecule has 0 heterocycles. The number of benzene rings is 3. The predicted octanol–water partition coefficient (Wildman–Crippen LogP) is 17.7. The molecule has 2 aliphatic rings. The maximum atomic E-state index is 2.86. The van der Waals surface area contributed by atoms with Gasteiger partial charge in [0.2, 0.25) is 0 Å². The highest BCUT2D eigenvalue weighted by atomic mass is 28.3. The highest BCUT2D eigenvalue weighted by Gasteiger charge is 2.56. The van der Waals surface area contributed by atoms with Gasteiger partial charge in [0.25, 0.3) is 0 Å². The fraction of sp³-hybridized carbons (Fsp3) is 0.656. The number of unbranched alkanes of at least 4 members (excludes halogenated alkanes) is 18. The Balaban J connectivity index is 1.88. The van der Waals surface area contributed by atoms with Crippen LogP contribution < -0.4 is 15.6 Å². The third-order valence-electron chi connectivity index (χ3n) is 15.9. The lowest BCUT2D eigenvalue weighted by molar-refractivity contribution is 0.546. The van der Waals surface area contributed by atoms with Gasteiger partial charge in [-0.2, -0.15) is 0 Å². The van der Waals surface area contributed by atoms with Crippen LogP contribution in [-0.4, -0.2) is 8.07 Å². The Bertz CT molecular complexity index is 1560. The minimum atomic E-state index is -2.76. The summed E-state index contributed by atoms with van der Waals surface area (Å²) in [5.74, 6) is 1.85. The standard InChI is InChI=1S/C64H100Si/c1-8-14-20-26-34-53-43-54(35-27-21-15-9-2)47-60(46-53)65(64-52(7)42-59-40-32-33-41-63(59)64,61-48-55(36-28-22-16-10-3)44-56(49-61)37-29-23-17-11-4)62-50-57(38-30-24-18-12-5)45-58(51-62)39-31-25-19-13-6/h32-33,40-41,43-52,59,63-64H,8-31,34-39,42H2,1-7H3. The van der Waals surface area contributed by atoms with E-state index in [1.165, 1.54) is 199 Å². The van der Waals surface area contributed by atoms with E-state index in [1.54, 1.807) is 48.9 Å². The van der Waals surface area contributed by atoms with Gasteiger partial charge in [0.1, 0.15) is 0 Å². The summed E-state index contributed by atoms with van der Waals surface area (Å²) in [6.07, 6.45) is 50.6. The number of allylic oxidation sites excluding steroid dienone is 4. The second-order valence-corrected chi connectivity index (χ2v) is 25.6. The molecule has 5 rings (SSSR count). The fourth-order valence-electron chi connectivity index (χ4n) is 12.4. The summed E-state index contributed by atoms with van der Waals surface area (Å²) in [5.41, 5.74) is 10.4. The summed E-state index contributed by atoms with van der Waals surface area (Å²) in [6.45, 7) is 16.9. The first-order valence-electron chi connectivity index (χ1n) is 28.7. The molecule has 1 fully saturated rings. The van der Waals surface area contributed by atoms with E-state index in [-0.39, 0.29) is 0 Å². The van der Waals surface area contributed by atoms with Gasteiger partial charge < -0.3 is 0 Å². The van der Waals surface area contributed by atoms with Gasteiger partial charge in [-0.1, -0.05) is 243 Å². The molecule has 3 aromatic carbocycles. The van der Waals surface area contributed by atoms with Gasteiger partial charge in [-0.3, -0.25) is 0 Å². The van der Waals surface area contributed by atoms with E-state index in [0.717, 1.165) is 0 Å². The first kappa shape index (κ1) is 53.3. The summed E-state index contributed by atoms with van der Waals surface area (Å²) in [5, 5.41) is 5.28. The molecule has 0 radical (unpaired) electrons. The normalized spacial score (nSPS) is 18.2. The van der Waals surface area contributed by atoms with E-state index in [4.69, 9.17) is 0 Å². The molecular weight excluding hydrogens is 797 g/mol. The second-order valence-electron chi connectivity index (χ2n) is 21.5. The van der Waals surface area contributed by atoms with E-state index in [1.807, 2.05) is 0 Å². The molecule has 65 heavy (non-hydrogen) atoms. The van der Waals surface area contributed by atoms with Crippen LogP contribution in [0.5, 0.6) is 0 Å². The smallest absolute Gasteiger partial charge is 0.0808 e. The van der Waals surface area contributed by atoms with E-state index in [0.29, 0.717) is 23.3 Å². The molecule has 0 spiro atoms. The van der Waals surface area contributed by atoms with E-state index < -0.39 is 8.07 Å². The van der Waals surface area contributed by atoms with Crippen molar-refractivity contribution in [3.8, 4) is 0 Å². The molecule has 0 bridgehead atoms. The average Bonchev–Trinajstić information content (AvgIpc) is 3.65. The number of hydrogen-bond donors (Lipinski definition) is 0. The minimum absolute atomic E-state index is 0.574. The van der Waals surface area contributed by atoms with Crippen molar-refractivity contribution in [2.75, 3.05) is 0 Å². The largest absolute Gasteiger partial charge is 0.152 e. The molecule has 0 N–H and O–H groups in total. The average molecular weight is 898 g/mol. The fourth-order valence-corrected chi connectivity index (χ4v) is 19.0. The van der Waals surface area contributed by atoms with Gasteiger partial charge in [-0.15, -0.1) is 0 Å². The summed E-state index contributed by atoms with van der Waals surface area (Å²) >= 11 is 0. The lowest BCUT2D eigenvalue weighted by Gasteiger charge is -2.45. The summed E-state index contributed by atoms with van der Waals surface area (Å²) in [6, 6.07) is 25.2. The maximum Gasteiger partial charge on any atom is 0.152 e. The number of rotatable bonds is 34. The lowest BCUT2D eigenvalue weighted by Crippen LogP contribution is -2.71. The van der Waals surface area contributed by atoms with Gasteiger partial charge in [0.05, 0.1) is 0 Å². The van der Waals surface area contributed by atoms with Crippen LogP contribution in [0.25, 0.3) is 0 Å². The molecule has 0 nitrogen and oxygen atoms in total. The summed E-state index contributed by atoms with van der Waals surface area (Å²) in [4.78, 5) is 0. The SMILES string of the molecule is CCCCCCc1cc(CCCCCC)cc([Si](c2cc(CCCCCC)cc(CCCCCC)c2)(c2cc(CCCCCC)cc(CCCCCC)c2)C2C(C)CC3C=CC=CC32)c1. The molecule has 3 aromatic rings. The lowest BCUT2D eigenvalue weighted by atomic mass is 9.92. The molecule has 1 heteroatoms. The Morgan fingerprint density at radius 2 is 0.631 bits per heavy atom. The Hall–Kier alpha value is -2.64. The third kappa shape index (κ3) is 16.0. The monoisotopic (exact) mass is 897 g/mol. The number of hydrogen-bond acceptors (Lipinski definition) is 0. The zero-order valence-corrected chi connectivity index (χ0v) is 44.7. The van der Waals surface area contributed by atoms with Gasteiger partial charge in [-0.25, -0.2) is 0 Å². The second kappa shape index (κ2) is 30.0. The van der Waals surface area contributed by atoms with Gasteiger partial charge in [-0.05, 0) is 156 Å². The van der Waals surface area contributed by atoms with Crippen LogP contribution in [-0.2, 0) is 38.5 Å². The topological polar surface area (TPSA) is 0 Å². The predicted molar refractivity (Wildman–Crippen MR) is 294 cm³/mol. The van der Waals surface area contributed by atoms with Crippen molar-refractivity contribution in [2.45, 2.75) is 253 Å². The number of fused-ring (bicyclic) bond motifs is 1. The Morgan fingerprint density at radius 3 is 0.908 bits per heavy atom. The molecule has 0 saturated heterocycles. The van der Waals surface area contributed by atoms with Crippen molar-refractivity contribution >= 4 is 23.6 Å². The van der Waals surface area contributed by atoms with E-state index in [9.17, 15) is 0 Å². The Kier molecular flexibility index (Phi) is 24.6. The van der Waals surface area contributed by atoms with Crippen LogP contribution in [0, 0.1) is 17.8 Å². The van der Waals surface area contributed by atoms with Crippen LogP contribution in [0.2, 0.25) is 5.54 Å². The highest BCUT2D eigenvalue weighted by molar-refractivity contribution is 7.12. The van der Waals surface area contributed by atoms with Crippen LogP contribution in [0.3, 0.4) is 0 Å². The molecule has 1 saturated carbocycles. The molecular formula is C64H100Si. The quantitative estimate of drug-likeness (QED) is 0.0318. The zero-order valence-electron chi connectivity index (χ0n) is 43.7. The van der Waals surface area contributed by atoms with Crippen LogP contribution in [0.15, 0.2) is 78.9 Å². The van der Waals surface area contributed by atoms with E-state index in [2.05, 4.69) is 127 Å². The molecule has 360 valence electrons. The first-order valence-corrected chi connectivity index (χ1v) is 30.7. The van der Waals surface area contributed by atoms with E-state index >= 15 is 0 Å².